The van der Waals surface area contributed by atoms with Crippen molar-refractivity contribution >= 4 is 11.4 Å². The van der Waals surface area contributed by atoms with E-state index in [2.05, 4.69) is 181 Å². The van der Waals surface area contributed by atoms with E-state index in [1.807, 2.05) is 6.07 Å². The molecule has 1 N–H and O–H groups in total. The molecule has 0 saturated heterocycles. The third kappa shape index (κ3) is 4.27. The van der Waals surface area contributed by atoms with Gasteiger partial charge in [0.1, 0.15) is 17.7 Å². The molecule has 1 atom stereocenters. The van der Waals surface area contributed by atoms with Gasteiger partial charge in [0.2, 0.25) is 0 Å². The van der Waals surface area contributed by atoms with Gasteiger partial charge >= 0.3 is 0 Å². The third-order valence-corrected chi connectivity index (χ3v) is 10.4. The molecule has 0 radical (unpaired) electrons. The lowest BCUT2D eigenvalue weighted by atomic mass is 9.66. The second-order valence-electron chi connectivity index (χ2n) is 13.1. The van der Waals surface area contributed by atoms with Crippen LogP contribution in [0, 0.1) is 0 Å². The zero-order valence-electron chi connectivity index (χ0n) is 27.3. The summed E-state index contributed by atoms with van der Waals surface area (Å²) < 4.78 is 6.53. The maximum Gasteiger partial charge on any atom is 0.145 e. The van der Waals surface area contributed by atoms with Gasteiger partial charge in [-0.25, -0.2) is 0 Å². The van der Waals surface area contributed by atoms with Crippen LogP contribution in [0.15, 0.2) is 187 Å². The average Bonchev–Trinajstić information content (AvgIpc) is 3.49. The molecule has 7 aromatic rings. The van der Waals surface area contributed by atoms with E-state index < -0.39 is 5.41 Å². The van der Waals surface area contributed by atoms with Crippen LogP contribution in [-0.4, -0.2) is 5.71 Å². The van der Waals surface area contributed by atoms with Crippen LogP contribution < -0.4 is 10.1 Å². The molecule has 0 bridgehead atoms. The summed E-state index contributed by atoms with van der Waals surface area (Å²) in [6, 6.07) is 62.6. The van der Waals surface area contributed by atoms with Gasteiger partial charge in [-0.15, -0.1) is 0 Å². The summed E-state index contributed by atoms with van der Waals surface area (Å²) in [5.74, 6) is 1.81. The lowest BCUT2D eigenvalue weighted by Crippen LogP contribution is -2.32. The predicted molar refractivity (Wildman–Crippen MR) is 203 cm³/mol. The molecule has 10 rings (SSSR count). The Labute approximate surface area is 291 Å². The number of ether oxygens (including phenoxy) is 1. The molecular weight excluding hydrogens is 609 g/mol. The maximum atomic E-state index is 6.53. The molecule has 2 aliphatic heterocycles. The highest BCUT2D eigenvalue weighted by atomic mass is 16.5. The topological polar surface area (TPSA) is 33.6 Å². The van der Waals surface area contributed by atoms with Gasteiger partial charge in [-0.2, -0.15) is 0 Å². The molecule has 50 heavy (non-hydrogen) atoms. The molecule has 236 valence electrons. The van der Waals surface area contributed by atoms with E-state index in [1.54, 1.807) is 0 Å². The summed E-state index contributed by atoms with van der Waals surface area (Å²) in [5, 5.41) is 3.72. The monoisotopic (exact) mass is 640 g/mol. The minimum Gasteiger partial charge on any atom is -0.457 e. The Bertz CT molecular complexity index is 2430. The summed E-state index contributed by atoms with van der Waals surface area (Å²) in [7, 11) is 0. The second kappa shape index (κ2) is 11.3. The first kappa shape index (κ1) is 28.6. The van der Waals surface area contributed by atoms with Crippen molar-refractivity contribution in [2.24, 2.45) is 4.99 Å². The fraction of sp³-hybridized carbons (Fsp3) is 0.0426. The highest BCUT2D eigenvalue weighted by Gasteiger charge is 2.51. The van der Waals surface area contributed by atoms with Crippen molar-refractivity contribution in [1.29, 1.82) is 0 Å². The molecule has 1 unspecified atom stereocenters. The number of benzene rings is 7. The average molecular weight is 641 g/mol. The highest BCUT2D eigenvalue weighted by molar-refractivity contribution is 6.13. The van der Waals surface area contributed by atoms with E-state index >= 15 is 0 Å². The molecule has 0 amide bonds. The largest absolute Gasteiger partial charge is 0.457 e. The van der Waals surface area contributed by atoms with Crippen LogP contribution in [-0.2, 0) is 5.41 Å². The number of fused-ring (bicyclic) bond motifs is 9. The minimum atomic E-state index is -0.484. The highest BCUT2D eigenvalue weighted by Crippen LogP contribution is 2.63. The number of aliphatic imine (C=N–C) groups is 1. The molecular formula is C47H32N2O. The smallest absolute Gasteiger partial charge is 0.145 e. The number of rotatable bonds is 4. The van der Waals surface area contributed by atoms with Gasteiger partial charge in [-0.05, 0) is 68.3 Å². The third-order valence-electron chi connectivity index (χ3n) is 10.4. The molecule has 3 aliphatic rings. The molecule has 1 aliphatic carbocycles. The molecule has 2 heterocycles. The second-order valence-corrected chi connectivity index (χ2v) is 13.1. The Morgan fingerprint density at radius 1 is 0.460 bits per heavy atom. The Balaban J connectivity index is 1.10. The number of para-hydroxylation sites is 2. The summed E-state index contributed by atoms with van der Waals surface area (Å²) >= 11 is 0. The minimum absolute atomic E-state index is 0.222. The lowest BCUT2D eigenvalue weighted by molar-refractivity contribution is 0.436. The van der Waals surface area contributed by atoms with Crippen LogP contribution in [0.4, 0.5) is 0 Å². The number of nitrogens with one attached hydrogen (secondary N) is 1. The van der Waals surface area contributed by atoms with E-state index in [4.69, 9.17) is 9.73 Å². The van der Waals surface area contributed by atoms with E-state index in [0.29, 0.717) is 0 Å². The standard InChI is InChI=1S/C47H32N2O/c1-3-14-32(15-4-1)41-30-42(33-16-5-2-6-17-33)49-46(48-41)34-28-26-31(27-29-34)35-19-13-23-40-45(35)36-18-7-8-20-37(36)47(40)38-21-9-11-24-43(38)50-44-25-12-10-22-39(44)47/h1-30,46,48H. The number of allylic oxidation sites excluding steroid dienone is 1. The zero-order valence-corrected chi connectivity index (χ0v) is 27.3. The fourth-order valence-corrected chi connectivity index (χ4v) is 8.23. The van der Waals surface area contributed by atoms with Gasteiger partial charge in [0.05, 0.1) is 11.1 Å². The predicted octanol–water partition coefficient (Wildman–Crippen LogP) is 11.0. The molecule has 0 fully saturated rings. The Morgan fingerprint density at radius 2 is 1.02 bits per heavy atom. The van der Waals surface area contributed by atoms with Crippen molar-refractivity contribution < 1.29 is 4.74 Å². The van der Waals surface area contributed by atoms with Gasteiger partial charge in [-0.1, -0.05) is 164 Å². The van der Waals surface area contributed by atoms with Crippen LogP contribution in [0.5, 0.6) is 11.5 Å². The van der Waals surface area contributed by atoms with Crippen molar-refractivity contribution in [3.63, 3.8) is 0 Å². The SMILES string of the molecule is C1=C(c2ccccc2)NC(c2ccc(-c3cccc4c3-c3ccccc3C43c4ccccc4Oc4ccccc43)cc2)N=C1c1ccccc1. The number of nitrogens with zero attached hydrogens (tertiary/aromatic N) is 1. The van der Waals surface area contributed by atoms with Gasteiger partial charge < -0.3 is 10.1 Å². The summed E-state index contributed by atoms with van der Waals surface area (Å²) in [4.78, 5) is 5.21. The van der Waals surface area contributed by atoms with Crippen molar-refractivity contribution in [2.45, 2.75) is 11.6 Å². The van der Waals surface area contributed by atoms with Gasteiger partial charge in [0.15, 0.2) is 0 Å². The Hall–Kier alpha value is -6.45. The van der Waals surface area contributed by atoms with Gasteiger partial charge in [-0.3, -0.25) is 4.99 Å². The molecule has 1 spiro atoms. The molecule has 0 saturated carbocycles. The van der Waals surface area contributed by atoms with Crippen LogP contribution in [0.2, 0.25) is 0 Å². The van der Waals surface area contributed by atoms with E-state index in [9.17, 15) is 0 Å². The normalized spacial score (nSPS) is 16.1. The quantitative estimate of drug-likeness (QED) is 0.208. The first-order valence-electron chi connectivity index (χ1n) is 17.2. The lowest BCUT2D eigenvalue weighted by Gasteiger charge is -2.39. The summed E-state index contributed by atoms with van der Waals surface area (Å²) in [5.41, 5.74) is 14.8. The van der Waals surface area contributed by atoms with Gasteiger partial charge in [0, 0.05) is 16.8 Å². The van der Waals surface area contributed by atoms with Crippen molar-refractivity contribution in [1.82, 2.24) is 5.32 Å². The van der Waals surface area contributed by atoms with E-state index in [1.165, 1.54) is 44.5 Å². The van der Waals surface area contributed by atoms with Crippen molar-refractivity contribution in [3.8, 4) is 33.8 Å². The van der Waals surface area contributed by atoms with Crippen LogP contribution in [0.1, 0.15) is 45.1 Å². The molecule has 7 aromatic carbocycles. The summed E-state index contributed by atoms with van der Waals surface area (Å²) in [6.45, 7) is 0. The Morgan fingerprint density at radius 3 is 1.72 bits per heavy atom. The fourth-order valence-electron chi connectivity index (χ4n) is 8.23. The molecule has 3 heteroatoms. The van der Waals surface area contributed by atoms with Gasteiger partial charge in [0.25, 0.3) is 0 Å². The van der Waals surface area contributed by atoms with Crippen LogP contribution >= 0.6 is 0 Å². The first-order chi connectivity index (χ1) is 24.8. The van der Waals surface area contributed by atoms with Crippen LogP contribution in [0.3, 0.4) is 0 Å². The van der Waals surface area contributed by atoms with Crippen LogP contribution in [0.25, 0.3) is 28.0 Å². The molecule has 3 nitrogen and oxygen atoms in total. The van der Waals surface area contributed by atoms with E-state index in [0.717, 1.165) is 39.6 Å². The Kier molecular flexibility index (Phi) is 6.47. The van der Waals surface area contributed by atoms with Crippen molar-refractivity contribution in [2.75, 3.05) is 0 Å². The van der Waals surface area contributed by atoms with Crippen molar-refractivity contribution in [3.05, 3.63) is 221 Å². The summed E-state index contributed by atoms with van der Waals surface area (Å²) in [6.07, 6.45) is 1.93. The zero-order chi connectivity index (χ0) is 33.1. The molecule has 0 aromatic heterocycles. The number of hydrogen-bond acceptors (Lipinski definition) is 3. The first-order valence-corrected chi connectivity index (χ1v) is 17.2. The number of hydrogen-bond donors (Lipinski definition) is 1. The van der Waals surface area contributed by atoms with E-state index in [-0.39, 0.29) is 6.17 Å². The maximum absolute atomic E-state index is 6.53.